The maximum Gasteiger partial charge on any atom is 0.305 e. The zero-order valence-electron chi connectivity index (χ0n) is 9.98. The SMILES string of the molecule is O=[N+]([O-])c1cccc(COc2ccc(F)c(F)c2)c1F. The molecule has 0 radical (unpaired) electrons. The zero-order chi connectivity index (χ0) is 14.7. The monoisotopic (exact) mass is 283 g/mol. The first-order chi connectivity index (χ1) is 9.49. The van der Waals surface area contributed by atoms with Crippen LogP contribution in [0, 0.1) is 27.6 Å². The predicted molar refractivity (Wildman–Crippen MR) is 63.7 cm³/mol. The van der Waals surface area contributed by atoms with Crippen LogP contribution in [0.25, 0.3) is 0 Å². The summed E-state index contributed by atoms with van der Waals surface area (Å²) in [7, 11) is 0. The van der Waals surface area contributed by atoms with E-state index < -0.39 is 28.1 Å². The van der Waals surface area contributed by atoms with Gasteiger partial charge in [0.2, 0.25) is 5.82 Å². The van der Waals surface area contributed by atoms with Crippen LogP contribution in [-0.4, -0.2) is 4.92 Å². The topological polar surface area (TPSA) is 52.4 Å². The lowest BCUT2D eigenvalue weighted by Gasteiger charge is -2.07. The Morgan fingerprint density at radius 3 is 2.50 bits per heavy atom. The number of nitro benzene ring substituents is 1. The second-order valence-corrected chi connectivity index (χ2v) is 3.87. The Morgan fingerprint density at radius 2 is 1.85 bits per heavy atom. The summed E-state index contributed by atoms with van der Waals surface area (Å²) in [5, 5.41) is 10.6. The van der Waals surface area contributed by atoms with Crippen molar-refractivity contribution in [1.29, 1.82) is 0 Å². The summed E-state index contributed by atoms with van der Waals surface area (Å²) < 4.78 is 44.4. The van der Waals surface area contributed by atoms with E-state index in [1.165, 1.54) is 18.2 Å². The van der Waals surface area contributed by atoms with Gasteiger partial charge in [0.1, 0.15) is 12.4 Å². The summed E-state index contributed by atoms with van der Waals surface area (Å²) >= 11 is 0. The number of ether oxygens (including phenoxy) is 1. The Bertz CT molecular complexity index is 661. The third-order valence-corrected chi connectivity index (χ3v) is 2.54. The molecule has 0 N–H and O–H groups in total. The fraction of sp³-hybridized carbons (Fsp3) is 0.0769. The molecule has 2 rings (SSSR count). The fourth-order valence-corrected chi connectivity index (χ4v) is 1.55. The van der Waals surface area contributed by atoms with E-state index in [1.54, 1.807) is 0 Å². The lowest BCUT2D eigenvalue weighted by Crippen LogP contribution is -2.02. The van der Waals surface area contributed by atoms with Gasteiger partial charge in [0.05, 0.1) is 4.92 Å². The first-order valence-corrected chi connectivity index (χ1v) is 5.48. The third-order valence-electron chi connectivity index (χ3n) is 2.54. The van der Waals surface area contributed by atoms with Gasteiger partial charge in [0.15, 0.2) is 11.6 Å². The molecule has 2 aromatic carbocycles. The van der Waals surface area contributed by atoms with Crippen LogP contribution in [0.2, 0.25) is 0 Å². The van der Waals surface area contributed by atoms with E-state index in [2.05, 4.69) is 0 Å². The van der Waals surface area contributed by atoms with Crippen molar-refractivity contribution in [2.24, 2.45) is 0 Å². The molecule has 0 heterocycles. The van der Waals surface area contributed by atoms with Crippen LogP contribution in [0.4, 0.5) is 18.9 Å². The quantitative estimate of drug-likeness (QED) is 0.636. The van der Waals surface area contributed by atoms with Gasteiger partial charge in [0, 0.05) is 17.7 Å². The highest BCUT2D eigenvalue weighted by molar-refractivity contribution is 5.36. The van der Waals surface area contributed by atoms with Crippen molar-refractivity contribution < 1.29 is 22.8 Å². The third kappa shape index (κ3) is 2.87. The highest BCUT2D eigenvalue weighted by atomic mass is 19.2. The second kappa shape index (κ2) is 5.60. The van der Waals surface area contributed by atoms with Crippen molar-refractivity contribution in [2.75, 3.05) is 0 Å². The molecule has 0 aromatic heterocycles. The van der Waals surface area contributed by atoms with Crippen molar-refractivity contribution in [1.82, 2.24) is 0 Å². The molecule has 0 saturated carbocycles. The average molecular weight is 283 g/mol. The van der Waals surface area contributed by atoms with Crippen LogP contribution in [0.5, 0.6) is 5.75 Å². The van der Waals surface area contributed by atoms with Crippen molar-refractivity contribution in [3.63, 3.8) is 0 Å². The minimum Gasteiger partial charge on any atom is -0.489 e. The molecule has 0 spiro atoms. The number of halogens is 3. The lowest BCUT2D eigenvalue weighted by atomic mass is 10.2. The largest absolute Gasteiger partial charge is 0.489 e. The predicted octanol–water partition coefficient (Wildman–Crippen LogP) is 3.59. The lowest BCUT2D eigenvalue weighted by molar-refractivity contribution is -0.387. The summed E-state index contributed by atoms with van der Waals surface area (Å²) in [6.07, 6.45) is 0. The number of benzene rings is 2. The standard InChI is InChI=1S/C13H8F3NO3/c14-10-5-4-9(6-11(10)15)20-7-8-2-1-3-12(13(8)16)17(18)19/h1-6H,7H2. The van der Waals surface area contributed by atoms with Crippen molar-refractivity contribution in [3.05, 3.63) is 69.5 Å². The summed E-state index contributed by atoms with van der Waals surface area (Å²) in [5.74, 6) is -3.14. The molecule has 0 fully saturated rings. The number of rotatable bonds is 4. The van der Waals surface area contributed by atoms with Crippen molar-refractivity contribution >= 4 is 5.69 Å². The second-order valence-electron chi connectivity index (χ2n) is 3.87. The number of hydrogen-bond donors (Lipinski definition) is 0. The number of nitrogens with zero attached hydrogens (tertiary/aromatic N) is 1. The van der Waals surface area contributed by atoms with Gasteiger partial charge in [-0.05, 0) is 12.1 Å². The molecule has 0 saturated heterocycles. The molecule has 20 heavy (non-hydrogen) atoms. The molecule has 0 atom stereocenters. The normalized spacial score (nSPS) is 10.3. The smallest absolute Gasteiger partial charge is 0.305 e. The molecule has 0 amide bonds. The van der Waals surface area contributed by atoms with Gasteiger partial charge in [-0.15, -0.1) is 0 Å². The Balaban J connectivity index is 2.17. The van der Waals surface area contributed by atoms with Crippen LogP contribution in [0.1, 0.15) is 5.56 Å². The molecule has 0 aliphatic rings. The first-order valence-electron chi connectivity index (χ1n) is 5.48. The molecule has 7 heteroatoms. The van der Waals surface area contributed by atoms with Crippen LogP contribution in [-0.2, 0) is 6.61 Å². The molecular formula is C13H8F3NO3. The maximum absolute atomic E-state index is 13.7. The van der Waals surface area contributed by atoms with Gasteiger partial charge in [-0.25, -0.2) is 8.78 Å². The Morgan fingerprint density at radius 1 is 1.10 bits per heavy atom. The Hall–Kier alpha value is -2.57. The summed E-state index contributed by atoms with van der Waals surface area (Å²) in [4.78, 5) is 9.71. The molecule has 0 bridgehead atoms. The first kappa shape index (κ1) is 13.9. The van der Waals surface area contributed by atoms with E-state index in [4.69, 9.17) is 4.74 Å². The van der Waals surface area contributed by atoms with Gasteiger partial charge in [-0.1, -0.05) is 12.1 Å². The van der Waals surface area contributed by atoms with Crippen LogP contribution in [0.15, 0.2) is 36.4 Å². The van der Waals surface area contributed by atoms with Gasteiger partial charge in [0.25, 0.3) is 0 Å². The minimum atomic E-state index is -1.10. The van der Waals surface area contributed by atoms with E-state index in [0.717, 1.165) is 18.2 Å². The van der Waals surface area contributed by atoms with E-state index in [1.807, 2.05) is 0 Å². The highest BCUT2D eigenvalue weighted by Crippen LogP contribution is 2.22. The minimum absolute atomic E-state index is 0.00481. The van der Waals surface area contributed by atoms with Crippen LogP contribution in [0.3, 0.4) is 0 Å². The average Bonchev–Trinajstić information content (AvgIpc) is 2.41. The zero-order valence-corrected chi connectivity index (χ0v) is 9.98. The molecular weight excluding hydrogens is 275 g/mol. The number of hydrogen-bond acceptors (Lipinski definition) is 3. The van der Waals surface area contributed by atoms with Crippen LogP contribution < -0.4 is 4.74 Å². The van der Waals surface area contributed by atoms with E-state index in [-0.39, 0.29) is 17.9 Å². The van der Waals surface area contributed by atoms with Gasteiger partial charge >= 0.3 is 5.69 Å². The van der Waals surface area contributed by atoms with E-state index in [0.29, 0.717) is 0 Å². The van der Waals surface area contributed by atoms with Gasteiger partial charge < -0.3 is 4.74 Å². The Labute approximate surface area is 111 Å². The van der Waals surface area contributed by atoms with Gasteiger partial charge in [-0.3, -0.25) is 10.1 Å². The molecule has 0 aliphatic heterocycles. The fourth-order valence-electron chi connectivity index (χ4n) is 1.55. The van der Waals surface area contributed by atoms with E-state index >= 15 is 0 Å². The molecule has 0 unspecified atom stereocenters. The Kier molecular flexibility index (Phi) is 3.88. The summed E-state index contributed by atoms with van der Waals surface area (Å²) in [6, 6.07) is 6.50. The molecule has 0 aliphatic carbocycles. The molecule has 104 valence electrons. The highest BCUT2D eigenvalue weighted by Gasteiger charge is 2.17. The van der Waals surface area contributed by atoms with Crippen LogP contribution >= 0.6 is 0 Å². The van der Waals surface area contributed by atoms with E-state index in [9.17, 15) is 23.3 Å². The van der Waals surface area contributed by atoms with Gasteiger partial charge in [-0.2, -0.15) is 4.39 Å². The van der Waals surface area contributed by atoms with Crippen molar-refractivity contribution in [2.45, 2.75) is 6.61 Å². The number of nitro groups is 1. The summed E-state index contributed by atoms with van der Waals surface area (Å²) in [5.41, 5.74) is -0.722. The van der Waals surface area contributed by atoms with Crippen molar-refractivity contribution in [3.8, 4) is 5.75 Å². The molecule has 2 aromatic rings. The summed E-state index contributed by atoms with van der Waals surface area (Å²) in [6.45, 7) is -0.335. The maximum atomic E-state index is 13.7. The molecule has 4 nitrogen and oxygen atoms in total.